The van der Waals surface area contributed by atoms with Gasteiger partial charge in [-0.05, 0) is 55.0 Å². The minimum absolute atomic E-state index is 0.241. The second-order valence-corrected chi connectivity index (χ2v) is 8.13. The van der Waals surface area contributed by atoms with E-state index >= 15 is 0 Å². The number of nitrogens with zero attached hydrogens (tertiary/aromatic N) is 3. The molecule has 1 fully saturated rings. The Morgan fingerprint density at radius 2 is 2.21 bits per heavy atom. The Morgan fingerprint density at radius 3 is 2.86 bits per heavy atom. The number of carbonyl (C=O) groups is 1. The third kappa shape index (κ3) is 4.25. The molecule has 1 aliphatic rings. The SMILES string of the molecule is CC(C)CC[C@@]1(C(=O)O)CN(Cc2cc(F)ccc2-n2cccn2)CC[C@@H]1O. The molecular formula is C21H28FN3O3. The van der Waals surface area contributed by atoms with Gasteiger partial charge in [0, 0.05) is 32.0 Å². The van der Waals surface area contributed by atoms with Crippen LogP contribution in [0.15, 0.2) is 36.7 Å². The van der Waals surface area contributed by atoms with Crippen LogP contribution in [0, 0.1) is 17.2 Å². The van der Waals surface area contributed by atoms with Crippen LogP contribution in [0.1, 0.15) is 38.7 Å². The van der Waals surface area contributed by atoms with Crippen LogP contribution in [-0.4, -0.2) is 50.1 Å². The molecule has 0 aliphatic carbocycles. The van der Waals surface area contributed by atoms with Crippen LogP contribution in [0.25, 0.3) is 5.69 Å². The lowest BCUT2D eigenvalue weighted by Crippen LogP contribution is -2.55. The monoisotopic (exact) mass is 389 g/mol. The summed E-state index contributed by atoms with van der Waals surface area (Å²) in [6.07, 6.45) is 4.12. The molecule has 0 amide bonds. The number of hydrogen-bond acceptors (Lipinski definition) is 4. The first-order chi connectivity index (χ1) is 13.3. The van der Waals surface area contributed by atoms with Crippen LogP contribution in [0.3, 0.4) is 0 Å². The molecule has 1 aliphatic heterocycles. The van der Waals surface area contributed by atoms with E-state index in [1.807, 2.05) is 18.7 Å². The van der Waals surface area contributed by atoms with Crippen molar-refractivity contribution in [3.05, 3.63) is 48.0 Å². The van der Waals surface area contributed by atoms with Crippen molar-refractivity contribution in [2.24, 2.45) is 11.3 Å². The quantitative estimate of drug-likeness (QED) is 0.761. The minimum Gasteiger partial charge on any atom is -0.481 e. The Hall–Kier alpha value is -2.25. The molecule has 152 valence electrons. The molecule has 2 heterocycles. The lowest BCUT2D eigenvalue weighted by Gasteiger charge is -2.44. The Kier molecular flexibility index (Phi) is 6.15. The molecule has 0 spiro atoms. The highest BCUT2D eigenvalue weighted by atomic mass is 19.1. The van der Waals surface area contributed by atoms with E-state index in [0.29, 0.717) is 31.8 Å². The fourth-order valence-electron chi connectivity index (χ4n) is 3.97. The third-order valence-corrected chi connectivity index (χ3v) is 5.64. The van der Waals surface area contributed by atoms with Crippen molar-refractivity contribution >= 4 is 5.97 Å². The summed E-state index contributed by atoms with van der Waals surface area (Å²) in [6, 6.07) is 6.34. The summed E-state index contributed by atoms with van der Waals surface area (Å²) in [5, 5.41) is 24.7. The second-order valence-electron chi connectivity index (χ2n) is 8.13. The Morgan fingerprint density at radius 1 is 1.43 bits per heavy atom. The van der Waals surface area contributed by atoms with Crippen LogP contribution in [0.5, 0.6) is 0 Å². The van der Waals surface area contributed by atoms with E-state index in [-0.39, 0.29) is 12.4 Å². The maximum absolute atomic E-state index is 13.9. The van der Waals surface area contributed by atoms with Gasteiger partial charge in [-0.2, -0.15) is 5.10 Å². The van der Waals surface area contributed by atoms with Crippen molar-refractivity contribution in [2.75, 3.05) is 13.1 Å². The van der Waals surface area contributed by atoms with E-state index in [1.165, 1.54) is 12.1 Å². The van der Waals surface area contributed by atoms with E-state index in [4.69, 9.17) is 0 Å². The summed E-state index contributed by atoms with van der Waals surface area (Å²) < 4.78 is 15.6. The van der Waals surface area contributed by atoms with E-state index < -0.39 is 17.5 Å². The zero-order valence-electron chi connectivity index (χ0n) is 16.4. The van der Waals surface area contributed by atoms with Gasteiger partial charge < -0.3 is 10.2 Å². The normalized spacial score (nSPS) is 23.2. The number of aliphatic hydroxyl groups is 1. The maximum Gasteiger partial charge on any atom is 0.313 e. The van der Waals surface area contributed by atoms with Gasteiger partial charge in [0.25, 0.3) is 0 Å². The van der Waals surface area contributed by atoms with Gasteiger partial charge in [-0.1, -0.05) is 13.8 Å². The van der Waals surface area contributed by atoms with E-state index in [0.717, 1.165) is 17.7 Å². The number of benzene rings is 1. The number of aromatic nitrogens is 2. The zero-order chi connectivity index (χ0) is 20.3. The van der Waals surface area contributed by atoms with Crippen LogP contribution >= 0.6 is 0 Å². The number of likely N-dealkylation sites (tertiary alicyclic amines) is 1. The number of halogens is 1. The predicted molar refractivity (Wildman–Crippen MR) is 104 cm³/mol. The summed E-state index contributed by atoms with van der Waals surface area (Å²) in [6.45, 7) is 5.30. The number of piperidine rings is 1. The van der Waals surface area contributed by atoms with Gasteiger partial charge in [-0.15, -0.1) is 0 Å². The van der Waals surface area contributed by atoms with Gasteiger partial charge in [0.2, 0.25) is 0 Å². The largest absolute Gasteiger partial charge is 0.481 e. The fraction of sp³-hybridized carbons (Fsp3) is 0.524. The number of aliphatic carboxylic acids is 1. The van der Waals surface area contributed by atoms with Gasteiger partial charge in [0.1, 0.15) is 11.2 Å². The number of carboxylic acid groups (broad SMARTS) is 1. The molecule has 28 heavy (non-hydrogen) atoms. The third-order valence-electron chi connectivity index (χ3n) is 5.64. The summed E-state index contributed by atoms with van der Waals surface area (Å²) >= 11 is 0. The average molecular weight is 389 g/mol. The van der Waals surface area contributed by atoms with Gasteiger partial charge in [-0.3, -0.25) is 9.69 Å². The van der Waals surface area contributed by atoms with E-state index in [1.54, 1.807) is 29.2 Å². The van der Waals surface area contributed by atoms with Crippen molar-refractivity contribution in [2.45, 2.75) is 45.8 Å². The van der Waals surface area contributed by atoms with Crippen molar-refractivity contribution in [1.82, 2.24) is 14.7 Å². The summed E-state index contributed by atoms with van der Waals surface area (Å²) in [4.78, 5) is 14.1. The highest BCUT2D eigenvalue weighted by Gasteiger charge is 2.48. The molecule has 0 unspecified atom stereocenters. The molecule has 3 rings (SSSR count). The lowest BCUT2D eigenvalue weighted by atomic mass is 9.72. The standard InChI is InChI=1S/C21H28FN3O3/c1-15(2)6-8-21(20(27)28)14-24(11-7-19(21)26)13-16-12-17(22)4-5-18(16)25-10-3-9-23-25/h3-5,9-10,12,15,19,26H,6-8,11,13-14H2,1-2H3,(H,27,28)/t19-,21+/m0/s1. The fourth-order valence-corrected chi connectivity index (χ4v) is 3.97. The second kappa shape index (κ2) is 8.41. The molecule has 6 nitrogen and oxygen atoms in total. The zero-order valence-corrected chi connectivity index (χ0v) is 16.4. The van der Waals surface area contributed by atoms with Crippen molar-refractivity contribution in [3.63, 3.8) is 0 Å². The van der Waals surface area contributed by atoms with E-state index in [2.05, 4.69) is 5.10 Å². The molecule has 2 aromatic rings. The first-order valence-electron chi connectivity index (χ1n) is 9.74. The molecule has 1 saturated heterocycles. The van der Waals surface area contributed by atoms with Gasteiger partial charge in [0.05, 0.1) is 11.8 Å². The molecular weight excluding hydrogens is 361 g/mol. The first kappa shape index (κ1) is 20.5. The number of aliphatic hydroxyl groups excluding tert-OH is 1. The Balaban J connectivity index is 1.85. The number of hydrogen-bond donors (Lipinski definition) is 2. The smallest absolute Gasteiger partial charge is 0.313 e. The average Bonchev–Trinajstić information content (AvgIpc) is 3.16. The molecule has 1 aromatic carbocycles. The molecule has 1 aromatic heterocycles. The molecule has 0 saturated carbocycles. The van der Waals surface area contributed by atoms with Crippen LogP contribution in [0.4, 0.5) is 4.39 Å². The molecule has 0 radical (unpaired) electrons. The minimum atomic E-state index is -1.19. The molecule has 2 atom stereocenters. The molecule has 7 heteroatoms. The topological polar surface area (TPSA) is 78.6 Å². The van der Waals surface area contributed by atoms with Gasteiger partial charge in [0.15, 0.2) is 0 Å². The summed E-state index contributed by atoms with van der Waals surface area (Å²) in [7, 11) is 0. The number of rotatable bonds is 7. The van der Waals surface area contributed by atoms with E-state index in [9.17, 15) is 19.4 Å². The molecule has 2 N–H and O–H groups in total. The van der Waals surface area contributed by atoms with Gasteiger partial charge in [-0.25, -0.2) is 9.07 Å². The van der Waals surface area contributed by atoms with Crippen LogP contribution in [-0.2, 0) is 11.3 Å². The van der Waals surface area contributed by atoms with Crippen molar-refractivity contribution in [1.29, 1.82) is 0 Å². The lowest BCUT2D eigenvalue weighted by molar-refractivity contribution is -0.165. The highest BCUT2D eigenvalue weighted by molar-refractivity contribution is 5.76. The summed E-state index contributed by atoms with van der Waals surface area (Å²) in [5.74, 6) is -0.947. The molecule has 0 bridgehead atoms. The van der Waals surface area contributed by atoms with Gasteiger partial charge >= 0.3 is 5.97 Å². The number of carboxylic acids is 1. The van der Waals surface area contributed by atoms with Crippen LogP contribution < -0.4 is 0 Å². The van der Waals surface area contributed by atoms with Crippen LogP contribution in [0.2, 0.25) is 0 Å². The predicted octanol–water partition coefficient (Wildman–Crippen LogP) is 3.09. The Bertz CT molecular complexity index is 809. The first-order valence-corrected chi connectivity index (χ1v) is 9.74. The highest BCUT2D eigenvalue weighted by Crippen LogP contribution is 2.37. The Labute approximate surface area is 164 Å². The van der Waals surface area contributed by atoms with Crippen molar-refractivity contribution in [3.8, 4) is 5.69 Å². The maximum atomic E-state index is 13.9. The van der Waals surface area contributed by atoms with Crippen molar-refractivity contribution < 1.29 is 19.4 Å². The summed E-state index contributed by atoms with van der Waals surface area (Å²) in [5.41, 5.74) is 0.311.